The molecule has 0 atom stereocenters. The van der Waals surface area contributed by atoms with Crippen LogP contribution in [0, 0.1) is 0 Å². The van der Waals surface area contributed by atoms with Gasteiger partial charge in [-0.2, -0.15) is 0 Å². The molecule has 0 fully saturated rings. The van der Waals surface area contributed by atoms with Gasteiger partial charge >= 0.3 is 0 Å². The molecule has 0 spiro atoms. The molecule has 1 N–H and O–H groups in total. The predicted molar refractivity (Wildman–Crippen MR) is 137 cm³/mol. The molecule has 2 aromatic carbocycles. The van der Waals surface area contributed by atoms with E-state index >= 15 is 0 Å². The van der Waals surface area contributed by atoms with Crippen LogP contribution in [0.4, 0.5) is 0 Å². The van der Waals surface area contributed by atoms with Gasteiger partial charge in [-0.25, -0.2) is 0 Å². The number of benzene rings is 2. The smallest absolute Gasteiger partial charge is 0.193 e. The number of para-hydroxylation sites is 1. The Morgan fingerprint density at radius 1 is 0.968 bits per heavy atom. The predicted octanol–water partition coefficient (Wildman–Crippen LogP) is 3.47. The van der Waals surface area contributed by atoms with Crippen LogP contribution >= 0.6 is 24.0 Å². The van der Waals surface area contributed by atoms with Crippen LogP contribution in [-0.4, -0.2) is 71.3 Å². The second kappa shape index (κ2) is 14.0. The van der Waals surface area contributed by atoms with E-state index in [9.17, 15) is 0 Å². The molecule has 8 heteroatoms. The number of halogens is 1. The summed E-state index contributed by atoms with van der Waals surface area (Å²) in [5.74, 6) is 3.24. The van der Waals surface area contributed by atoms with Gasteiger partial charge in [-0.15, -0.1) is 24.0 Å². The molecule has 0 aliphatic carbocycles. The van der Waals surface area contributed by atoms with Crippen LogP contribution < -0.4 is 19.5 Å². The van der Waals surface area contributed by atoms with Crippen LogP contribution in [0.2, 0.25) is 0 Å². The van der Waals surface area contributed by atoms with Gasteiger partial charge in [0.2, 0.25) is 0 Å². The third kappa shape index (κ3) is 8.45. The zero-order valence-corrected chi connectivity index (χ0v) is 21.7. The minimum absolute atomic E-state index is 0. The Labute approximate surface area is 203 Å². The lowest BCUT2D eigenvalue weighted by Crippen LogP contribution is -2.38. The summed E-state index contributed by atoms with van der Waals surface area (Å²) in [4.78, 5) is 8.58. The highest BCUT2D eigenvalue weighted by Crippen LogP contribution is 2.25. The van der Waals surface area contributed by atoms with Gasteiger partial charge in [-0.05, 0) is 32.3 Å². The number of aliphatic imine (C=N–C) groups is 1. The third-order valence-electron chi connectivity index (χ3n) is 4.68. The van der Waals surface area contributed by atoms with E-state index in [1.807, 2.05) is 57.5 Å². The van der Waals surface area contributed by atoms with Crippen LogP contribution in [0.15, 0.2) is 47.5 Å². The molecule has 0 radical (unpaired) electrons. The Kier molecular flexibility index (Phi) is 12.1. The number of likely N-dealkylation sites (N-methyl/N-ethyl adjacent to an activating group) is 1. The number of nitrogens with zero attached hydrogens (tertiary/aromatic N) is 3. The number of rotatable bonds is 10. The van der Waals surface area contributed by atoms with Gasteiger partial charge < -0.3 is 29.3 Å². The number of hydrogen-bond donors (Lipinski definition) is 1. The molecule has 31 heavy (non-hydrogen) atoms. The summed E-state index contributed by atoms with van der Waals surface area (Å²) >= 11 is 0. The van der Waals surface area contributed by atoms with E-state index in [0.717, 1.165) is 40.9 Å². The van der Waals surface area contributed by atoms with Crippen molar-refractivity contribution in [3.05, 3.63) is 53.6 Å². The molecule has 2 rings (SSSR count). The maximum atomic E-state index is 5.96. The molecule has 0 saturated heterocycles. The van der Waals surface area contributed by atoms with E-state index in [2.05, 4.69) is 26.2 Å². The molecule has 0 amide bonds. The molecule has 7 nitrogen and oxygen atoms in total. The zero-order valence-electron chi connectivity index (χ0n) is 19.3. The first kappa shape index (κ1) is 26.8. The van der Waals surface area contributed by atoms with Gasteiger partial charge in [0.05, 0.1) is 14.2 Å². The second-order valence-corrected chi connectivity index (χ2v) is 7.19. The topological polar surface area (TPSA) is 58.6 Å². The summed E-state index contributed by atoms with van der Waals surface area (Å²) in [5.41, 5.74) is 2.14. The summed E-state index contributed by atoms with van der Waals surface area (Å²) in [5, 5.41) is 3.43. The summed E-state index contributed by atoms with van der Waals surface area (Å²) in [7, 11) is 11.2. The molecular weight excluding hydrogens is 507 g/mol. The SMILES string of the molecule is CN=C(NCc1ccccc1OCCN(C)C)N(C)Cc1ccc(OC)cc1OC.I. The summed E-state index contributed by atoms with van der Waals surface area (Å²) < 4.78 is 16.8. The van der Waals surface area contributed by atoms with Crippen molar-refractivity contribution >= 4 is 29.9 Å². The molecule has 0 aliphatic rings. The third-order valence-corrected chi connectivity index (χ3v) is 4.68. The number of guanidine groups is 1. The van der Waals surface area contributed by atoms with Crippen molar-refractivity contribution in [1.29, 1.82) is 0 Å². The van der Waals surface area contributed by atoms with E-state index < -0.39 is 0 Å². The largest absolute Gasteiger partial charge is 0.497 e. The van der Waals surface area contributed by atoms with Crippen LogP contribution in [0.25, 0.3) is 0 Å². The molecule has 0 unspecified atom stereocenters. The van der Waals surface area contributed by atoms with E-state index in [0.29, 0.717) is 19.7 Å². The van der Waals surface area contributed by atoms with Crippen molar-refractivity contribution in [2.45, 2.75) is 13.1 Å². The number of hydrogen-bond acceptors (Lipinski definition) is 5. The molecular formula is C23H35IN4O3. The Morgan fingerprint density at radius 2 is 1.71 bits per heavy atom. The first-order chi connectivity index (χ1) is 14.5. The summed E-state index contributed by atoms with van der Waals surface area (Å²) in [6.45, 7) is 2.79. The first-order valence-electron chi connectivity index (χ1n) is 9.96. The number of methoxy groups -OCH3 is 2. The maximum Gasteiger partial charge on any atom is 0.193 e. The van der Waals surface area contributed by atoms with E-state index in [-0.39, 0.29) is 24.0 Å². The standard InChI is InChI=1S/C23H34N4O3.HI/c1-24-23(27(4)17-19-11-12-20(28-5)15-22(19)29-6)25-16-18-9-7-8-10-21(18)30-14-13-26(2)3;/h7-12,15H,13-14,16-17H2,1-6H3,(H,24,25);1H. The molecule has 0 aromatic heterocycles. The Bertz CT molecular complexity index is 830. The van der Waals surface area contributed by atoms with E-state index in [4.69, 9.17) is 14.2 Å². The molecule has 0 bridgehead atoms. The molecule has 0 aliphatic heterocycles. The fourth-order valence-electron chi connectivity index (χ4n) is 3.00. The van der Waals surface area contributed by atoms with Crippen LogP contribution in [0.3, 0.4) is 0 Å². The summed E-state index contributed by atoms with van der Waals surface area (Å²) in [6, 6.07) is 13.9. The average Bonchev–Trinajstić information content (AvgIpc) is 2.75. The lowest BCUT2D eigenvalue weighted by atomic mass is 10.2. The van der Waals surface area contributed by atoms with Crippen molar-refractivity contribution in [2.24, 2.45) is 4.99 Å². The minimum atomic E-state index is 0. The highest BCUT2D eigenvalue weighted by Gasteiger charge is 2.12. The number of ether oxygens (including phenoxy) is 3. The Hall–Kier alpha value is -2.20. The van der Waals surface area contributed by atoms with Gasteiger partial charge in [0.1, 0.15) is 23.9 Å². The fourth-order valence-corrected chi connectivity index (χ4v) is 3.00. The van der Waals surface area contributed by atoms with E-state index in [1.165, 1.54) is 0 Å². The zero-order chi connectivity index (χ0) is 21.9. The maximum absolute atomic E-state index is 5.96. The van der Waals surface area contributed by atoms with Gasteiger partial charge in [0, 0.05) is 50.9 Å². The van der Waals surface area contributed by atoms with Crippen LogP contribution in [0.1, 0.15) is 11.1 Å². The van der Waals surface area contributed by atoms with Gasteiger partial charge in [-0.3, -0.25) is 4.99 Å². The van der Waals surface area contributed by atoms with Crippen molar-refractivity contribution in [1.82, 2.24) is 15.1 Å². The van der Waals surface area contributed by atoms with Crippen molar-refractivity contribution in [3.8, 4) is 17.2 Å². The van der Waals surface area contributed by atoms with Crippen molar-refractivity contribution in [3.63, 3.8) is 0 Å². The Morgan fingerprint density at radius 3 is 2.35 bits per heavy atom. The highest BCUT2D eigenvalue weighted by atomic mass is 127. The van der Waals surface area contributed by atoms with Gasteiger partial charge in [-0.1, -0.05) is 18.2 Å². The van der Waals surface area contributed by atoms with Gasteiger partial charge in [0.15, 0.2) is 5.96 Å². The first-order valence-corrected chi connectivity index (χ1v) is 9.96. The van der Waals surface area contributed by atoms with Crippen LogP contribution in [-0.2, 0) is 13.1 Å². The molecule has 0 saturated carbocycles. The fraction of sp³-hybridized carbons (Fsp3) is 0.435. The van der Waals surface area contributed by atoms with E-state index in [1.54, 1.807) is 21.3 Å². The lowest BCUT2D eigenvalue weighted by molar-refractivity contribution is 0.259. The molecule has 172 valence electrons. The quantitative estimate of drug-likeness (QED) is 0.282. The van der Waals surface area contributed by atoms with Crippen molar-refractivity contribution < 1.29 is 14.2 Å². The monoisotopic (exact) mass is 542 g/mol. The van der Waals surface area contributed by atoms with Crippen LogP contribution in [0.5, 0.6) is 17.2 Å². The average molecular weight is 542 g/mol. The molecule has 0 heterocycles. The molecule has 2 aromatic rings. The normalized spacial score (nSPS) is 11.0. The minimum Gasteiger partial charge on any atom is -0.497 e. The van der Waals surface area contributed by atoms with Gasteiger partial charge in [0.25, 0.3) is 0 Å². The Balaban J connectivity index is 0.00000480. The number of nitrogens with one attached hydrogen (secondary N) is 1. The highest BCUT2D eigenvalue weighted by molar-refractivity contribution is 14.0. The summed E-state index contributed by atoms with van der Waals surface area (Å²) in [6.07, 6.45) is 0. The van der Waals surface area contributed by atoms with Crippen molar-refractivity contribution in [2.75, 3.05) is 55.6 Å². The lowest BCUT2D eigenvalue weighted by Gasteiger charge is -2.24. The second-order valence-electron chi connectivity index (χ2n) is 7.19.